The molecule has 1 aliphatic rings. The number of esters is 1. The number of nitrogens with zero attached hydrogens (tertiary/aromatic N) is 1. The number of amides is 3. The van der Waals surface area contributed by atoms with Gasteiger partial charge in [-0.2, -0.15) is 0 Å². The first-order valence-corrected chi connectivity index (χ1v) is 6.07. The van der Waals surface area contributed by atoms with E-state index >= 15 is 0 Å². The first-order valence-electron chi connectivity index (χ1n) is 5.19. The van der Waals surface area contributed by atoms with Crippen molar-refractivity contribution in [2.45, 2.75) is 18.4 Å². The van der Waals surface area contributed by atoms with Crippen molar-refractivity contribution >= 4 is 29.2 Å². The Bertz CT molecular complexity index is 487. The van der Waals surface area contributed by atoms with E-state index in [1.165, 1.54) is 24.6 Å². The van der Waals surface area contributed by atoms with Gasteiger partial charge in [0.25, 0.3) is 5.91 Å². The SMILES string of the molecule is COC(=O)CCC1(c2nccs2)NC(=O)NC1=O. The average molecular weight is 269 g/mol. The van der Waals surface area contributed by atoms with Crippen LogP contribution in [0.15, 0.2) is 11.6 Å². The lowest BCUT2D eigenvalue weighted by Crippen LogP contribution is -2.44. The first-order chi connectivity index (χ1) is 8.58. The Balaban J connectivity index is 2.27. The molecule has 0 saturated carbocycles. The van der Waals surface area contributed by atoms with Gasteiger partial charge in [-0.25, -0.2) is 9.78 Å². The summed E-state index contributed by atoms with van der Waals surface area (Å²) < 4.78 is 4.53. The van der Waals surface area contributed by atoms with Gasteiger partial charge in [0.1, 0.15) is 5.01 Å². The summed E-state index contributed by atoms with van der Waals surface area (Å²) in [6.45, 7) is 0. The number of carbonyl (C=O) groups excluding carboxylic acids is 3. The van der Waals surface area contributed by atoms with Crippen molar-refractivity contribution in [3.8, 4) is 0 Å². The zero-order valence-corrected chi connectivity index (χ0v) is 10.4. The van der Waals surface area contributed by atoms with E-state index in [0.717, 1.165) is 0 Å². The highest BCUT2D eigenvalue weighted by Crippen LogP contribution is 2.31. The highest BCUT2D eigenvalue weighted by Gasteiger charge is 2.49. The molecule has 1 atom stereocenters. The average Bonchev–Trinajstić information content (AvgIpc) is 2.95. The van der Waals surface area contributed by atoms with E-state index in [4.69, 9.17) is 0 Å². The summed E-state index contributed by atoms with van der Waals surface area (Å²) in [4.78, 5) is 38.5. The van der Waals surface area contributed by atoms with Gasteiger partial charge in [0.05, 0.1) is 7.11 Å². The molecule has 0 bridgehead atoms. The lowest BCUT2D eigenvalue weighted by Gasteiger charge is -2.22. The highest BCUT2D eigenvalue weighted by molar-refractivity contribution is 7.09. The smallest absolute Gasteiger partial charge is 0.322 e. The summed E-state index contributed by atoms with van der Waals surface area (Å²) in [5.74, 6) is -0.939. The van der Waals surface area contributed by atoms with Gasteiger partial charge in [-0.05, 0) is 6.42 Å². The summed E-state index contributed by atoms with van der Waals surface area (Å²) in [5.41, 5.74) is -1.26. The minimum absolute atomic E-state index is 0.0176. The van der Waals surface area contributed by atoms with Crippen molar-refractivity contribution in [1.82, 2.24) is 15.6 Å². The standard InChI is InChI=1S/C10H11N3O4S/c1-17-6(14)2-3-10(8-11-4-5-18-8)7(15)12-9(16)13-10/h4-5H,2-3H2,1H3,(H2,12,13,15,16). The van der Waals surface area contributed by atoms with Crippen molar-refractivity contribution in [3.63, 3.8) is 0 Å². The Morgan fingerprint density at radius 1 is 1.56 bits per heavy atom. The number of imide groups is 1. The summed E-state index contributed by atoms with van der Waals surface area (Å²) in [6, 6.07) is -0.583. The molecule has 18 heavy (non-hydrogen) atoms. The number of methoxy groups -OCH3 is 1. The van der Waals surface area contributed by atoms with Gasteiger partial charge in [0.15, 0.2) is 5.54 Å². The number of hydrogen-bond donors (Lipinski definition) is 2. The number of carbonyl (C=O) groups is 3. The first kappa shape index (κ1) is 12.5. The monoisotopic (exact) mass is 269 g/mol. The zero-order chi connectivity index (χ0) is 13.2. The number of urea groups is 1. The van der Waals surface area contributed by atoms with Crippen LogP contribution in [0.5, 0.6) is 0 Å². The number of aromatic nitrogens is 1. The van der Waals surface area contributed by atoms with Gasteiger partial charge in [-0.1, -0.05) is 0 Å². The van der Waals surface area contributed by atoms with Crippen molar-refractivity contribution in [1.29, 1.82) is 0 Å². The van der Waals surface area contributed by atoms with Gasteiger partial charge in [-0.3, -0.25) is 14.9 Å². The number of nitrogens with one attached hydrogen (secondary N) is 2. The molecule has 3 amide bonds. The molecule has 1 aromatic heterocycles. The predicted octanol–water partition coefficient (Wildman–Crippen LogP) is 0.131. The van der Waals surface area contributed by atoms with E-state index in [0.29, 0.717) is 5.01 Å². The van der Waals surface area contributed by atoms with Crippen LogP contribution >= 0.6 is 11.3 Å². The van der Waals surface area contributed by atoms with Crippen LogP contribution in [0.1, 0.15) is 17.8 Å². The van der Waals surface area contributed by atoms with Gasteiger partial charge in [0, 0.05) is 18.0 Å². The van der Waals surface area contributed by atoms with Crippen LogP contribution in [0, 0.1) is 0 Å². The normalized spacial score (nSPS) is 22.5. The van der Waals surface area contributed by atoms with Crippen LogP contribution in [-0.2, 0) is 19.9 Å². The molecule has 1 saturated heterocycles. The second-order valence-electron chi connectivity index (χ2n) is 3.73. The molecule has 2 N–H and O–H groups in total. The molecule has 1 aromatic rings. The third kappa shape index (κ3) is 2.06. The molecule has 0 aromatic carbocycles. The molecule has 1 aliphatic heterocycles. The zero-order valence-electron chi connectivity index (χ0n) is 9.56. The van der Waals surface area contributed by atoms with Crippen LogP contribution in [0.2, 0.25) is 0 Å². The van der Waals surface area contributed by atoms with Crippen LogP contribution < -0.4 is 10.6 Å². The Labute approximate surface area is 107 Å². The molecule has 1 unspecified atom stereocenters. The van der Waals surface area contributed by atoms with E-state index in [9.17, 15) is 14.4 Å². The van der Waals surface area contributed by atoms with Crippen molar-refractivity contribution in [2.75, 3.05) is 7.11 Å². The van der Waals surface area contributed by atoms with Crippen molar-refractivity contribution in [2.24, 2.45) is 0 Å². The Morgan fingerprint density at radius 3 is 2.83 bits per heavy atom. The Morgan fingerprint density at radius 2 is 2.33 bits per heavy atom. The molecular formula is C10H11N3O4S. The van der Waals surface area contributed by atoms with E-state index < -0.39 is 23.4 Å². The van der Waals surface area contributed by atoms with Gasteiger partial charge >= 0.3 is 12.0 Å². The minimum atomic E-state index is -1.26. The Kier molecular flexibility index (Phi) is 3.28. The van der Waals surface area contributed by atoms with Crippen molar-refractivity contribution < 1.29 is 19.1 Å². The number of ether oxygens (including phenoxy) is 1. The number of hydrogen-bond acceptors (Lipinski definition) is 6. The lowest BCUT2D eigenvalue weighted by atomic mass is 9.94. The van der Waals surface area contributed by atoms with Gasteiger partial charge < -0.3 is 10.1 Å². The topological polar surface area (TPSA) is 97.4 Å². The molecule has 2 heterocycles. The fourth-order valence-electron chi connectivity index (χ4n) is 1.75. The molecule has 2 rings (SSSR count). The third-order valence-corrected chi connectivity index (χ3v) is 3.61. The second-order valence-corrected chi connectivity index (χ2v) is 4.62. The highest BCUT2D eigenvalue weighted by atomic mass is 32.1. The maximum atomic E-state index is 11.9. The molecule has 0 aliphatic carbocycles. The van der Waals surface area contributed by atoms with Crippen LogP contribution in [0.3, 0.4) is 0 Å². The third-order valence-electron chi connectivity index (χ3n) is 2.67. The van der Waals surface area contributed by atoms with Gasteiger partial charge in [0.2, 0.25) is 0 Å². The molecule has 96 valence electrons. The fourth-order valence-corrected chi connectivity index (χ4v) is 2.57. The van der Waals surface area contributed by atoms with Crippen LogP contribution in [0.4, 0.5) is 4.79 Å². The van der Waals surface area contributed by atoms with Crippen LogP contribution in [-0.4, -0.2) is 30.0 Å². The molecule has 1 fully saturated rings. The van der Waals surface area contributed by atoms with E-state index in [1.807, 2.05) is 0 Å². The van der Waals surface area contributed by atoms with Gasteiger partial charge in [-0.15, -0.1) is 11.3 Å². The largest absolute Gasteiger partial charge is 0.469 e. The van der Waals surface area contributed by atoms with E-state index in [2.05, 4.69) is 20.4 Å². The number of thiazole rings is 1. The molecule has 0 radical (unpaired) electrons. The summed E-state index contributed by atoms with van der Waals surface area (Å²) in [7, 11) is 1.27. The fraction of sp³-hybridized carbons (Fsp3) is 0.400. The molecule has 7 nitrogen and oxygen atoms in total. The quantitative estimate of drug-likeness (QED) is 0.598. The predicted molar refractivity (Wildman–Crippen MR) is 61.7 cm³/mol. The Hall–Kier alpha value is -1.96. The van der Waals surface area contributed by atoms with E-state index in [-0.39, 0.29) is 12.8 Å². The maximum Gasteiger partial charge on any atom is 0.322 e. The van der Waals surface area contributed by atoms with E-state index in [1.54, 1.807) is 5.38 Å². The number of rotatable bonds is 4. The lowest BCUT2D eigenvalue weighted by molar-refractivity contribution is -0.141. The second kappa shape index (κ2) is 4.73. The molecule has 0 spiro atoms. The summed E-state index contributed by atoms with van der Waals surface area (Å²) in [6.07, 6.45) is 1.67. The van der Waals surface area contributed by atoms with Crippen molar-refractivity contribution in [3.05, 3.63) is 16.6 Å². The summed E-state index contributed by atoms with van der Waals surface area (Å²) in [5, 5.41) is 6.86. The summed E-state index contributed by atoms with van der Waals surface area (Å²) >= 11 is 1.25. The molecular weight excluding hydrogens is 258 g/mol. The van der Waals surface area contributed by atoms with Crippen LogP contribution in [0.25, 0.3) is 0 Å². The maximum absolute atomic E-state index is 11.9. The minimum Gasteiger partial charge on any atom is -0.469 e. The molecule has 8 heteroatoms.